The Hall–Kier alpha value is -1.44. The lowest BCUT2D eigenvalue weighted by Crippen LogP contribution is -2.45. The van der Waals surface area contributed by atoms with Crippen molar-refractivity contribution in [2.45, 2.75) is 17.9 Å². The van der Waals surface area contributed by atoms with Crippen LogP contribution in [0.2, 0.25) is 0 Å². The average molecular weight is 285 g/mol. The standard InChI is InChI=1S/C12H15NO5S/c1-9-4-2-3-5-11(9)19(15,16)13-12(14)10-8-17-6-7-18-10/h2-5,10H,6-8H2,1H3,(H,13,14). The Morgan fingerprint density at radius 2 is 2.05 bits per heavy atom. The second-order valence-corrected chi connectivity index (χ2v) is 5.82. The number of rotatable bonds is 3. The topological polar surface area (TPSA) is 81.7 Å². The van der Waals surface area contributed by atoms with Gasteiger partial charge in [0.15, 0.2) is 6.10 Å². The zero-order valence-corrected chi connectivity index (χ0v) is 11.3. The van der Waals surface area contributed by atoms with E-state index in [2.05, 4.69) is 0 Å². The highest BCUT2D eigenvalue weighted by Gasteiger charge is 2.27. The van der Waals surface area contributed by atoms with Gasteiger partial charge in [0, 0.05) is 0 Å². The summed E-state index contributed by atoms with van der Waals surface area (Å²) in [6, 6.07) is 6.45. The Kier molecular flexibility index (Phi) is 4.18. The van der Waals surface area contributed by atoms with E-state index in [0.29, 0.717) is 12.2 Å². The van der Waals surface area contributed by atoms with Gasteiger partial charge < -0.3 is 9.47 Å². The summed E-state index contributed by atoms with van der Waals surface area (Å²) in [5.74, 6) is -0.706. The van der Waals surface area contributed by atoms with E-state index in [-0.39, 0.29) is 18.1 Å². The number of hydrogen-bond donors (Lipinski definition) is 1. The van der Waals surface area contributed by atoms with Crippen LogP contribution in [0.1, 0.15) is 5.56 Å². The number of ether oxygens (including phenoxy) is 2. The Balaban J connectivity index is 2.13. The minimum atomic E-state index is -3.87. The number of aryl methyl sites for hydroxylation is 1. The molecule has 2 rings (SSSR count). The van der Waals surface area contributed by atoms with E-state index in [9.17, 15) is 13.2 Å². The molecule has 0 bridgehead atoms. The van der Waals surface area contributed by atoms with E-state index in [1.54, 1.807) is 25.1 Å². The predicted molar refractivity (Wildman–Crippen MR) is 67.1 cm³/mol. The molecule has 19 heavy (non-hydrogen) atoms. The number of benzene rings is 1. The lowest BCUT2D eigenvalue weighted by atomic mass is 10.2. The summed E-state index contributed by atoms with van der Waals surface area (Å²) in [7, 11) is -3.87. The molecule has 0 aromatic heterocycles. The van der Waals surface area contributed by atoms with Gasteiger partial charge in [-0.2, -0.15) is 0 Å². The van der Waals surface area contributed by atoms with Gasteiger partial charge in [0.1, 0.15) is 0 Å². The van der Waals surface area contributed by atoms with Crippen molar-refractivity contribution in [3.8, 4) is 0 Å². The molecular formula is C12H15NO5S. The van der Waals surface area contributed by atoms with Crippen LogP contribution < -0.4 is 4.72 Å². The van der Waals surface area contributed by atoms with Crippen LogP contribution in [0.4, 0.5) is 0 Å². The van der Waals surface area contributed by atoms with Crippen LogP contribution in [0.25, 0.3) is 0 Å². The molecule has 1 aromatic carbocycles. The number of sulfonamides is 1. The molecule has 1 fully saturated rings. The van der Waals surface area contributed by atoms with E-state index in [4.69, 9.17) is 9.47 Å². The first-order valence-corrected chi connectivity index (χ1v) is 7.30. The highest BCUT2D eigenvalue weighted by atomic mass is 32.2. The summed E-state index contributed by atoms with van der Waals surface area (Å²) in [4.78, 5) is 11.9. The fourth-order valence-corrected chi connectivity index (χ4v) is 3.01. The van der Waals surface area contributed by atoms with E-state index >= 15 is 0 Å². The molecule has 6 nitrogen and oxygen atoms in total. The zero-order chi connectivity index (χ0) is 13.9. The van der Waals surface area contributed by atoms with Crippen molar-refractivity contribution >= 4 is 15.9 Å². The fourth-order valence-electron chi connectivity index (χ4n) is 1.75. The van der Waals surface area contributed by atoms with Crippen molar-refractivity contribution in [1.82, 2.24) is 4.72 Å². The fraction of sp³-hybridized carbons (Fsp3) is 0.417. The van der Waals surface area contributed by atoms with Gasteiger partial charge in [0.05, 0.1) is 24.7 Å². The monoisotopic (exact) mass is 285 g/mol. The molecule has 1 atom stereocenters. The number of hydrogen-bond acceptors (Lipinski definition) is 5. The van der Waals surface area contributed by atoms with E-state index < -0.39 is 22.0 Å². The van der Waals surface area contributed by atoms with E-state index in [1.165, 1.54) is 6.07 Å². The SMILES string of the molecule is Cc1ccccc1S(=O)(=O)NC(=O)C1COCCO1. The first-order chi connectivity index (χ1) is 9.00. The van der Waals surface area contributed by atoms with E-state index in [1.807, 2.05) is 4.72 Å². The second kappa shape index (κ2) is 5.68. The third-order valence-electron chi connectivity index (χ3n) is 2.73. The van der Waals surface area contributed by atoms with Crippen LogP contribution >= 0.6 is 0 Å². The van der Waals surface area contributed by atoms with Gasteiger partial charge in [0.25, 0.3) is 15.9 Å². The lowest BCUT2D eigenvalue weighted by Gasteiger charge is -2.22. The Bertz CT molecular complexity index is 563. The van der Waals surface area contributed by atoms with Crippen LogP contribution in [-0.2, 0) is 24.3 Å². The lowest BCUT2D eigenvalue weighted by molar-refractivity contribution is -0.145. The number of nitrogens with one attached hydrogen (secondary N) is 1. The number of carbonyl (C=O) groups is 1. The highest BCUT2D eigenvalue weighted by Crippen LogP contribution is 2.14. The first-order valence-electron chi connectivity index (χ1n) is 5.82. The van der Waals surface area contributed by atoms with Crippen LogP contribution in [0.3, 0.4) is 0 Å². The maximum Gasteiger partial charge on any atom is 0.265 e. The Labute approximate surface area is 111 Å². The van der Waals surface area contributed by atoms with Crippen molar-refractivity contribution in [2.75, 3.05) is 19.8 Å². The maximum atomic E-state index is 12.1. The highest BCUT2D eigenvalue weighted by molar-refractivity contribution is 7.90. The third-order valence-corrected chi connectivity index (χ3v) is 4.23. The number of amides is 1. The summed E-state index contributed by atoms with van der Waals surface area (Å²) >= 11 is 0. The molecular weight excluding hydrogens is 270 g/mol. The maximum absolute atomic E-state index is 12.1. The molecule has 1 unspecified atom stereocenters. The van der Waals surface area contributed by atoms with Gasteiger partial charge in [-0.25, -0.2) is 13.1 Å². The molecule has 7 heteroatoms. The van der Waals surface area contributed by atoms with Gasteiger partial charge in [-0.05, 0) is 18.6 Å². The van der Waals surface area contributed by atoms with Crippen LogP contribution in [0.15, 0.2) is 29.2 Å². The summed E-state index contributed by atoms with van der Waals surface area (Å²) in [5.41, 5.74) is 0.573. The molecule has 0 radical (unpaired) electrons. The average Bonchev–Trinajstić information content (AvgIpc) is 2.39. The molecule has 1 heterocycles. The van der Waals surface area contributed by atoms with Crippen molar-refractivity contribution < 1.29 is 22.7 Å². The largest absolute Gasteiger partial charge is 0.376 e. The predicted octanol–water partition coefficient (Wildman–Crippen LogP) is 0.215. The van der Waals surface area contributed by atoms with Gasteiger partial charge in [-0.3, -0.25) is 4.79 Å². The molecule has 0 spiro atoms. The molecule has 0 aliphatic carbocycles. The molecule has 1 N–H and O–H groups in total. The number of carbonyl (C=O) groups excluding carboxylic acids is 1. The molecule has 0 saturated carbocycles. The molecule has 1 saturated heterocycles. The summed E-state index contributed by atoms with van der Waals surface area (Å²) < 4.78 is 36.4. The Morgan fingerprint density at radius 1 is 1.32 bits per heavy atom. The van der Waals surface area contributed by atoms with Crippen molar-refractivity contribution in [3.05, 3.63) is 29.8 Å². The van der Waals surface area contributed by atoms with Gasteiger partial charge in [-0.1, -0.05) is 18.2 Å². The zero-order valence-electron chi connectivity index (χ0n) is 10.5. The third kappa shape index (κ3) is 3.31. The Morgan fingerprint density at radius 3 is 2.68 bits per heavy atom. The molecule has 1 aliphatic rings. The summed E-state index contributed by atoms with van der Waals surface area (Å²) in [6.07, 6.45) is -0.882. The quantitative estimate of drug-likeness (QED) is 0.859. The van der Waals surface area contributed by atoms with Gasteiger partial charge in [0.2, 0.25) is 0 Å². The molecule has 104 valence electrons. The summed E-state index contributed by atoms with van der Waals surface area (Å²) in [5, 5.41) is 0. The molecule has 1 amide bonds. The normalized spacial score (nSPS) is 19.9. The van der Waals surface area contributed by atoms with Crippen molar-refractivity contribution in [3.63, 3.8) is 0 Å². The van der Waals surface area contributed by atoms with Crippen LogP contribution in [0.5, 0.6) is 0 Å². The minimum absolute atomic E-state index is 0.0646. The van der Waals surface area contributed by atoms with Crippen LogP contribution in [0, 0.1) is 6.92 Å². The molecule has 1 aromatic rings. The minimum Gasteiger partial charge on any atom is -0.376 e. The van der Waals surface area contributed by atoms with Crippen molar-refractivity contribution in [2.24, 2.45) is 0 Å². The van der Waals surface area contributed by atoms with Gasteiger partial charge >= 0.3 is 0 Å². The smallest absolute Gasteiger partial charge is 0.265 e. The first kappa shape index (κ1) is 14.0. The van der Waals surface area contributed by atoms with E-state index in [0.717, 1.165) is 0 Å². The van der Waals surface area contributed by atoms with Gasteiger partial charge in [-0.15, -0.1) is 0 Å². The second-order valence-electron chi connectivity index (χ2n) is 4.17. The molecule has 1 aliphatic heterocycles. The van der Waals surface area contributed by atoms with Crippen LogP contribution in [-0.4, -0.2) is 40.2 Å². The van der Waals surface area contributed by atoms with Crippen molar-refractivity contribution in [1.29, 1.82) is 0 Å². The summed E-state index contributed by atoms with van der Waals surface area (Å²) in [6.45, 7) is 2.42.